The van der Waals surface area contributed by atoms with Crippen LogP contribution in [0.2, 0.25) is 0 Å². The number of aromatic amines is 2. The highest BCUT2D eigenvalue weighted by atomic mass is 19.1. The summed E-state index contributed by atoms with van der Waals surface area (Å²) in [5.41, 5.74) is 5.46. The van der Waals surface area contributed by atoms with E-state index in [-0.39, 0.29) is 11.7 Å². The molecule has 0 fully saturated rings. The van der Waals surface area contributed by atoms with Crippen LogP contribution in [-0.2, 0) is 17.6 Å². The lowest BCUT2D eigenvalue weighted by Crippen LogP contribution is -2.41. The van der Waals surface area contributed by atoms with Crippen LogP contribution in [0.5, 0.6) is 0 Å². The molecule has 0 saturated heterocycles. The van der Waals surface area contributed by atoms with Crippen molar-refractivity contribution in [2.75, 3.05) is 6.54 Å². The number of rotatable bonds is 4. The van der Waals surface area contributed by atoms with Gasteiger partial charge in [-0.3, -0.25) is 4.79 Å². The molecule has 6 heteroatoms. The van der Waals surface area contributed by atoms with Gasteiger partial charge in [0.15, 0.2) is 0 Å². The summed E-state index contributed by atoms with van der Waals surface area (Å²) in [5.74, 6) is 0.479. The number of hydrogen-bond acceptors (Lipinski definition) is 2. The van der Waals surface area contributed by atoms with Crippen molar-refractivity contribution in [1.29, 1.82) is 0 Å². The zero-order valence-electron chi connectivity index (χ0n) is 18.0. The molecular formula is C27H23FN4O. The Balaban J connectivity index is 1.34. The van der Waals surface area contributed by atoms with E-state index in [1.165, 1.54) is 11.6 Å². The molecule has 2 N–H and O–H groups in total. The van der Waals surface area contributed by atoms with Gasteiger partial charge in [-0.1, -0.05) is 48.5 Å². The molecule has 5 nitrogen and oxygen atoms in total. The van der Waals surface area contributed by atoms with Crippen molar-refractivity contribution in [3.05, 3.63) is 101 Å². The third-order valence-corrected chi connectivity index (χ3v) is 6.57. The van der Waals surface area contributed by atoms with Gasteiger partial charge in [0, 0.05) is 41.5 Å². The minimum absolute atomic E-state index is 0.00647. The molecular weight excluding hydrogens is 415 g/mol. The molecule has 0 spiro atoms. The molecule has 0 bridgehead atoms. The maximum absolute atomic E-state index is 15.0. The number of H-pyrrole nitrogens is 2. The first kappa shape index (κ1) is 19.7. The Morgan fingerprint density at radius 1 is 0.970 bits per heavy atom. The Morgan fingerprint density at radius 2 is 1.73 bits per heavy atom. The number of carbonyl (C=O) groups is 1. The van der Waals surface area contributed by atoms with Crippen molar-refractivity contribution < 1.29 is 9.18 Å². The number of imidazole rings is 1. The highest BCUT2D eigenvalue weighted by Gasteiger charge is 2.35. The molecule has 0 radical (unpaired) electrons. The quantitative estimate of drug-likeness (QED) is 0.400. The number of carbonyl (C=O) groups excluding carboxylic acids is 1. The molecule has 5 aromatic rings. The number of para-hydroxylation sites is 3. The molecule has 2 aromatic heterocycles. The Morgan fingerprint density at radius 3 is 2.58 bits per heavy atom. The van der Waals surface area contributed by atoms with E-state index in [0.29, 0.717) is 24.9 Å². The summed E-state index contributed by atoms with van der Waals surface area (Å²) in [6.45, 7) is 0.548. The summed E-state index contributed by atoms with van der Waals surface area (Å²) in [6, 6.07) is 22.2. The topological polar surface area (TPSA) is 64.8 Å². The zero-order valence-corrected chi connectivity index (χ0v) is 18.0. The third-order valence-electron chi connectivity index (χ3n) is 6.57. The highest BCUT2D eigenvalue weighted by molar-refractivity contribution is 5.86. The Hall–Kier alpha value is -3.93. The summed E-state index contributed by atoms with van der Waals surface area (Å²) in [5, 5.41) is 1.14. The number of amides is 1. The van der Waals surface area contributed by atoms with Crippen LogP contribution in [0.3, 0.4) is 0 Å². The molecule has 3 heterocycles. The first-order valence-electron chi connectivity index (χ1n) is 11.3. The van der Waals surface area contributed by atoms with E-state index in [1.54, 1.807) is 12.1 Å². The van der Waals surface area contributed by atoms with E-state index in [4.69, 9.17) is 0 Å². The minimum atomic E-state index is -0.481. The van der Waals surface area contributed by atoms with Crippen LogP contribution in [-0.4, -0.2) is 32.3 Å². The van der Waals surface area contributed by atoms with Gasteiger partial charge in [-0.2, -0.15) is 0 Å². The lowest BCUT2D eigenvalue weighted by molar-refractivity contribution is -0.133. The Kier molecular flexibility index (Phi) is 4.72. The fourth-order valence-corrected chi connectivity index (χ4v) is 5.02. The molecule has 1 aliphatic rings. The van der Waals surface area contributed by atoms with Crippen molar-refractivity contribution in [2.45, 2.75) is 25.3 Å². The normalized spacial score (nSPS) is 15.8. The number of hydrogen-bond donors (Lipinski definition) is 2. The predicted octanol–water partition coefficient (Wildman–Crippen LogP) is 5.29. The van der Waals surface area contributed by atoms with Gasteiger partial charge >= 0.3 is 0 Å². The summed E-state index contributed by atoms with van der Waals surface area (Å²) >= 11 is 0. The maximum Gasteiger partial charge on any atom is 0.223 e. The number of benzene rings is 3. The number of halogens is 1. The van der Waals surface area contributed by atoms with Gasteiger partial charge in [0.25, 0.3) is 0 Å². The molecule has 0 aliphatic carbocycles. The van der Waals surface area contributed by atoms with Crippen LogP contribution in [0.1, 0.15) is 35.1 Å². The van der Waals surface area contributed by atoms with Crippen LogP contribution in [0, 0.1) is 5.82 Å². The van der Waals surface area contributed by atoms with Crippen molar-refractivity contribution in [2.24, 2.45) is 0 Å². The molecule has 0 unspecified atom stereocenters. The van der Waals surface area contributed by atoms with Gasteiger partial charge in [-0.15, -0.1) is 0 Å². The monoisotopic (exact) mass is 438 g/mol. The van der Waals surface area contributed by atoms with Gasteiger partial charge in [-0.05, 0) is 36.2 Å². The smallest absolute Gasteiger partial charge is 0.223 e. The number of aromatic nitrogens is 3. The molecule has 3 aromatic carbocycles. The average molecular weight is 439 g/mol. The molecule has 6 rings (SSSR count). The Bertz CT molecular complexity index is 1450. The van der Waals surface area contributed by atoms with Gasteiger partial charge in [0.2, 0.25) is 5.91 Å². The largest absolute Gasteiger partial charge is 0.356 e. The zero-order chi connectivity index (χ0) is 22.4. The van der Waals surface area contributed by atoms with E-state index in [0.717, 1.165) is 39.9 Å². The second-order valence-electron chi connectivity index (χ2n) is 8.52. The van der Waals surface area contributed by atoms with Crippen LogP contribution < -0.4 is 0 Å². The SMILES string of the molecule is O=C(CCc1nc2ccccc2[nH]1)N1CCc2c([nH]c3ccccc23)[C@H]1c1ccccc1F. The van der Waals surface area contributed by atoms with E-state index >= 15 is 0 Å². The third kappa shape index (κ3) is 3.39. The van der Waals surface area contributed by atoms with Gasteiger partial charge < -0.3 is 14.9 Å². The van der Waals surface area contributed by atoms with E-state index < -0.39 is 6.04 Å². The molecule has 1 amide bonds. The number of nitrogens with one attached hydrogen (secondary N) is 2. The van der Waals surface area contributed by atoms with Crippen molar-refractivity contribution >= 4 is 27.8 Å². The maximum atomic E-state index is 15.0. The molecule has 33 heavy (non-hydrogen) atoms. The molecule has 0 saturated carbocycles. The second-order valence-corrected chi connectivity index (χ2v) is 8.52. The lowest BCUT2D eigenvalue weighted by Gasteiger charge is -2.36. The summed E-state index contributed by atoms with van der Waals surface area (Å²) < 4.78 is 15.0. The fraction of sp³-hybridized carbons (Fsp3) is 0.185. The van der Waals surface area contributed by atoms with Crippen LogP contribution in [0.4, 0.5) is 4.39 Å². The number of nitrogens with zero attached hydrogens (tertiary/aromatic N) is 2. The van der Waals surface area contributed by atoms with E-state index in [1.807, 2.05) is 53.4 Å². The standard InChI is InChI=1S/C27H23FN4O/c28-20-9-3-1-8-19(20)27-26-18(17-7-2-4-10-21(17)31-26)15-16-32(27)25(33)14-13-24-29-22-11-5-6-12-23(22)30-24/h1-12,27,31H,13-16H2,(H,29,30)/t27-/m1/s1. The lowest BCUT2D eigenvalue weighted by atomic mass is 9.91. The van der Waals surface area contributed by atoms with Crippen LogP contribution in [0.15, 0.2) is 72.8 Å². The van der Waals surface area contributed by atoms with Crippen LogP contribution >= 0.6 is 0 Å². The summed E-state index contributed by atoms with van der Waals surface area (Å²) in [7, 11) is 0. The van der Waals surface area contributed by atoms with E-state index in [2.05, 4.69) is 21.0 Å². The van der Waals surface area contributed by atoms with Crippen LogP contribution in [0.25, 0.3) is 21.9 Å². The molecule has 1 aliphatic heterocycles. The van der Waals surface area contributed by atoms with Gasteiger partial charge in [0.05, 0.1) is 11.0 Å². The van der Waals surface area contributed by atoms with Gasteiger partial charge in [0.1, 0.15) is 17.7 Å². The summed E-state index contributed by atoms with van der Waals surface area (Å²) in [4.78, 5) is 26.6. The fourth-order valence-electron chi connectivity index (χ4n) is 5.02. The first-order chi connectivity index (χ1) is 16.2. The average Bonchev–Trinajstić information content (AvgIpc) is 3.43. The highest BCUT2D eigenvalue weighted by Crippen LogP contribution is 2.39. The summed E-state index contributed by atoms with van der Waals surface area (Å²) in [6.07, 6.45) is 1.55. The number of fused-ring (bicyclic) bond motifs is 4. The Labute approximate surface area is 190 Å². The molecule has 164 valence electrons. The molecule has 1 atom stereocenters. The number of aryl methyl sites for hydroxylation is 1. The van der Waals surface area contributed by atoms with Crippen molar-refractivity contribution in [3.63, 3.8) is 0 Å². The second kappa shape index (κ2) is 7.89. The van der Waals surface area contributed by atoms with Crippen molar-refractivity contribution in [1.82, 2.24) is 19.9 Å². The minimum Gasteiger partial charge on any atom is -0.356 e. The van der Waals surface area contributed by atoms with E-state index in [9.17, 15) is 9.18 Å². The predicted molar refractivity (Wildman–Crippen MR) is 126 cm³/mol. The first-order valence-corrected chi connectivity index (χ1v) is 11.3. The van der Waals surface area contributed by atoms with Crippen molar-refractivity contribution in [3.8, 4) is 0 Å². The van der Waals surface area contributed by atoms with Gasteiger partial charge in [-0.25, -0.2) is 9.37 Å².